The molecule has 2 N–H and O–H groups in total. The van der Waals surface area contributed by atoms with Gasteiger partial charge in [-0.25, -0.2) is 18.7 Å². The van der Waals surface area contributed by atoms with E-state index in [0.29, 0.717) is 18.2 Å². The fourth-order valence-corrected chi connectivity index (χ4v) is 5.94. The first-order valence-electron chi connectivity index (χ1n) is 10.8. The van der Waals surface area contributed by atoms with E-state index >= 15 is 4.39 Å². The Labute approximate surface area is 199 Å². The number of ether oxygens (including phenoxy) is 2. The summed E-state index contributed by atoms with van der Waals surface area (Å²) in [5.41, 5.74) is 5.37. The van der Waals surface area contributed by atoms with Gasteiger partial charge in [0, 0.05) is 31.4 Å². The Bertz CT molecular complexity index is 1120. The van der Waals surface area contributed by atoms with Crippen molar-refractivity contribution < 1.29 is 27.4 Å². The lowest BCUT2D eigenvalue weighted by atomic mass is 9.84. The lowest BCUT2D eigenvalue weighted by Gasteiger charge is -2.34. The number of carbonyl (C=O) groups excluding carboxylic acids is 1. The Balaban J connectivity index is 1.57. The van der Waals surface area contributed by atoms with Gasteiger partial charge in [0.05, 0.1) is 42.6 Å². The molecular weight excluding hydrogens is 469 g/mol. The van der Waals surface area contributed by atoms with Gasteiger partial charge in [-0.3, -0.25) is 14.2 Å². The number of aromatic nitrogens is 2. The van der Waals surface area contributed by atoms with E-state index in [2.05, 4.69) is 15.0 Å². The van der Waals surface area contributed by atoms with Crippen molar-refractivity contribution in [3.8, 4) is 5.88 Å². The number of halogens is 3. The van der Waals surface area contributed by atoms with Crippen molar-refractivity contribution >= 4 is 22.7 Å². The molecule has 7 nitrogen and oxygen atoms in total. The maximum absolute atomic E-state index is 15.0. The first-order valence-corrected chi connectivity index (χ1v) is 11.6. The van der Waals surface area contributed by atoms with Crippen LogP contribution in [-0.4, -0.2) is 52.7 Å². The molecule has 0 radical (unpaired) electrons. The number of amidine groups is 1. The van der Waals surface area contributed by atoms with Crippen molar-refractivity contribution in [3.05, 3.63) is 53.0 Å². The zero-order valence-electron chi connectivity index (χ0n) is 18.8. The summed E-state index contributed by atoms with van der Waals surface area (Å²) in [5, 5.41) is 0.290. The van der Waals surface area contributed by atoms with Crippen molar-refractivity contribution in [2.45, 2.75) is 36.5 Å². The van der Waals surface area contributed by atoms with Crippen LogP contribution in [0.2, 0.25) is 0 Å². The Kier molecular flexibility index (Phi) is 6.86. The van der Waals surface area contributed by atoms with E-state index in [0.717, 1.165) is 6.07 Å². The Morgan fingerprint density at radius 1 is 1.29 bits per heavy atom. The number of Topliss-reactive ketones (excluding diaryl/α,β-unsaturated/α-hetero) is 1. The maximum atomic E-state index is 15.0. The largest absolute Gasteiger partial charge is 0.476 e. The van der Waals surface area contributed by atoms with Crippen LogP contribution < -0.4 is 10.5 Å². The zero-order valence-corrected chi connectivity index (χ0v) is 19.6. The average Bonchev–Trinajstić information content (AvgIpc) is 3.51. The average molecular weight is 495 g/mol. The summed E-state index contributed by atoms with van der Waals surface area (Å²) < 4.78 is 52.0. The summed E-state index contributed by atoms with van der Waals surface area (Å²) in [6.45, 7) is 1.79. The van der Waals surface area contributed by atoms with Crippen LogP contribution in [0, 0.1) is 17.6 Å². The van der Waals surface area contributed by atoms with Crippen molar-refractivity contribution in [3.63, 3.8) is 0 Å². The second-order valence-corrected chi connectivity index (χ2v) is 10.1. The van der Waals surface area contributed by atoms with E-state index in [1.807, 2.05) is 0 Å². The Hall–Kier alpha value is -2.66. The van der Waals surface area contributed by atoms with Gasteiger partial charge in [-0.05, 0) is 31.0 Å². The molecule has 2 aliphatic rings. The molecular formula is C23H25F3N4O3S. The smallest absolute Gasteiger partial charge is 0.232 e. The van der Waals surface area contributed by atoms with Gasteiger partial charge < -0.3 is 15.2 Å². The van der Waals surface area contributed by atoms with E-state index in [9.17, 15) is 13.6 Å². The molecule has 2 aromatic rings. The third-order valence-electron chi connectivity index (χ3n) is 6.18. The van der Waals surface area contributed by atoms with Crippen LogP contribution in [0.3, 0.4) is 0 Å². The van der Waals surface area contributed by atoms with Crippen LogP contribution in [-0.2, 0) is 16.7 Å². The molecule has 0 unspecified atom stereocenters. The molecule has 0 saturated heterocycles. The van der Waals surface area contributed by atoms with E-state index < -0.39 is 29.6 Å². The first-order chi connectivity index (χ1) is 16.2. The Morgan fingerprint density at radius 2 is 2.09 bits per heavy atom. The number of benzene rings is 1. The van der Waals surface area contributed by atoms with Gasteiger partial charge in [-0.1, -0.05) is 11.8 Å². The SMILES string of the molecule is COC[C@]12C[C@H]1[C@@](C)(c1cc(CC(=O)c3cnc(OCCCF)cn3)cc(F)c1F)N=C(N)S2. The van der Waals surface area contributed by atoms with Gasteiger partial charge in [-0.2, -0.15) is 0 Å². The van der Waals surface area contributed by atoms with Crippen LogP contribution in [0.25, 0.3) is 0 Å². The van der Waals surface area contributed by atoms with E-state index in [4.69, 9.17) is 15.2 Å². The van der Waals surface area contributed by atoms with Gasteiger partial charge in [-0.15, -0.1) is 0 Å². The van der Waals surface area contributed by atoms with Gasteiger partial charge in [0.25, 0.3) is 0 Å². The number of aliphatic imine (C=N–C) groups is 1. The molecule has 4 rings (SSSR count). The van der Waals surface area contributed by atoms with E-state index in [1.54, 1.807) is 14.0 Å². The second-order valence-electron chi connectivity index (χ2n) is 8.62. The molecule has 34 heavy (non-hydrogen) atoms. The molecule has 1 aromatic carbocycles. The number of nitrogens with zero attached hydrogens (tertiary/aromatic N) is 3. The maximum Gasteiger partial charge on any atom is 0.232 e. The van der Waals surface area contributed by atoms with Crippen molar-refractivity contribution in [1.82, 2.24) is 9.97 Å². The van der Waals surface area contributed by atoms with Gasteiger partial charge in [0.15, 0.2) is 22.6 Å². The highest BCUT2D eigenvalue weighted by Gasteiger charge is 2.66. The number of nitrogens with two attached hydrogens (primary N) is 1. The van der Waals surface area contributed by atoms with Gasteiger partial charge >= 0.3 is 0 Å². The van der Waals surface area contributed by atoms with Gasteiger partial charge in [0.1, 0.15) is 5.69 Å². The standard InChI is InChI=1S/C23H25F3N4O3S/c1-22(18-9-23(18,12-32-2)34-21(27)30-22)14-6-13(7-15(25)20(14)26)8-17(31)16-10-29-19(11-28-16)33-5-3-4-24/h6-7,10-11,18H,3-5,8-9,12H2,1-2H3,(H2,27,30)/t18-,22+,23+/m0/s1. The predicted octanol–water partition coefficient (Wildman–Crippen LogP) is 3.60. The highest BCUT2D eigenvalue weighted by molar-refractivity contribution is 8.15. The normalized spacial score (nSPS) is 25.4. The minimum atomic E-state index is -1.09. The lowest BCUT2D eigenvalue weighted by molar-refractivity contribution is 0.0987. The fraction of sp³-hybridized carbons (Fsp3) is 0.478. The zero-order chi connectivity index (χ0) is 24.5. The summed E-state index contributed by atoms with van der Waals surface area (Å²) in [4.78, 5) is 25.3. The summed E-state index contributed by atoms with van der Waals surface area (Å²) in [5.74, 6) is -2.41. The molecule has 0 amide bonds. The molecule has 1 saturated carbocycles. The minimum Gasteiger partial charge on any atom is -0.476 e. The van der Waals surface area contributed by atoms with Crippen molar-refractivity contribution in [1.29, 1.82) is 0 Å². The number of hydrogen-bond donors (Lipinski definition) is 1. The van der Waals surface area contributed by atoms with E-state index in [1.165, 1.54) is 30.2 Å². The molecule has 1 aliphatic heterocycles. The number of rotatable bonds is 10. The Morgan fingerprint density at radius 3 is 2.76 bits per heavy atom. The first kappa shape index (κ1) is 24.5. The molecule has 2 heterocycles. The van der Waals surface area contributed by atoms with E-state index in [-0.39, 0.29) is 52.8 Å². The summed E-state index contributed by atoms with van der Waals surface area (Å²) in [7, 11) is 1.59. The molecule has 11 heteroatoms. The fourth-order valence-electron chi connectivity index (χ4n) is 4.49. The molecule has 1 aliphatic carbocycles. The van der Waals surface area contributed by atoms with Crippen LogP contribution >= 0.6 is 11.8 Å². The lowest BCUT2D eigenvalue weighted by Crippen LogP contribution is -2.38. The van der Waals surface area contributed by atoms with Crippen LogP contribution in [0.4, 0.5) is 13.2 Å². The molecule has 0 spiro atoms. The number of hydrogen-bond acceptors (Lipinski definition) is 8. The van der Waals surface area contributed by atoms with Crippen LogP contribution in [0.15, 0.2) is 29.5 Å². The number of fused-ring (bicyclic) bond motifs is 1. The minimum absolute atomic E-state index is 0.0490. The quantitative estimate of drug-likeness (QED) is 0.398. The molecule has 0 bridgehead atoms. The highest BCUT2D eigenvalue weighted by Crippen LogP contribution is 2.66. The van der Waals surface area contributed by atoms with Crippen molar-refractivity contribution in [2.75, 3.05) is 27.0 Å². The second kappa shape index (κ2) is 9.53. The van der Waals surface area contributed by atoms with Gasteiger partial charge in [0.2, 0.25) is 5.88 Å². The third-order valence-corrected chi connectivity index (χ3v) is 7.46. The molecule has 1 fully saturated rings. The van der Waals surface area contributed by atoms with Crippen molar-refractivity contribution in [2.24, 2.45) is 16.6 Å². The summed E-state index contributed by atoms with van der Waals surface area (Å²) in [6, 6.07) is 2.47. The number of carbonyl (C=O) groups is 1. The topological polar surface area (TPSA) is 99.7 Å². The number of methoxy groups -OCH3 is 1. The predicted molar refractivity (Wildman–Crippen MR) is 122 cm³/mol. The number of ketones is 1. The summed E-state index contributed by atoms with van der Waals surface area (Å²) >= 11 is 1.40. The van der Waals surface area contributed by atoms with Crippen LogP contribution in [0.1, 0.15) is 41.4 Å². The summed E-state index contributed by atoms with van der Waals surface area (Å²) in [6.07, 6.45) is 3.22. The molecule has 3 atom stereocenters. The number of thioether (sulfide) groups is 1. The third kappa shape index (κ3) is 4.63. The van der Waals surface area contributed by atoms with Crippen LogP contribution in [0.5, 0.6) is 5.88 Å². The molecule has 1 aromatic heterocycles. The highest BCUT2D eigenvalue weighted by atomic mass is 32.2. The molecule has 182 valence electrons. The monoisotopic (exact) mass is 494 g/mol. The number of alkyl halides is 1.